The largest absolute Gasteiger partial charge is 0.318 e. The lowest BCUT2D eigenvalue weighted by Gasteiger charge is -1.96. The number of carbonyl (C=O) groups excluding carboxylic acids is 1. The molecule has 2 N–H and O–H groups in total. The molecule has 0 fully saturated rings. The molecule has 12 heavy (non-hydrogen) atoms. The van der Waals surface area contributed by atoms with Crippen LogP contribution in [0, 0.1) is 0 Å². The Morgan fingerprint density at radius 2 is 2.00 bits per heavy atom. The predicted molar refractivity (Wildman–Crippen MR) is 53.3 cm³/mol. The Hall–Kier alpha value is -0.670. The van der Waals surface area contributed by atoms with E-state index in [1.165, 1.54) is 0 Å². The van der Waals surface area contributed by atoms with Gasteiger partial charge in [0.05, 0.1) is 0 Å². The van der Waals surface area contributed by atoms with Gasteiger partial charge in [0.25, 0.3) is 0 Å². The van der Waals surface area contributed by atoms with E-state index in [0.717, 1.165) is 25.9 Å². The fraction of sp³-hybridized carbons (Fsp3) is 0.667. The lowest BCUT2D eigenvalue weighted by Crippen LogP contribution is -2.24. The van der Waals surface area contributed by atoms with Gasteiger partial charge in [-0.3, -0.25) is 4.79 Å². The van der Waals surface area contributed by atoms with E-state index in [2.05, 4.69) is 24.1 Å². The summed E-state index contributed by atoms with van der Waals surface area (Å²) in [5.41, 5.74) is 0.574. The third-order valence-corrected chi connectivity index (χ3v) is 1.00. The molecular formula is C9H20N2O. The summed E-state index contributed by atoms with van der Waals surface area (Å²) in [4.78, 5) is 9.41. The number of allylic oxidation sites excluding steroid dienone is 1. The molecule has 0 aromatic rings. The summed E-state index contributed by atoms with van der Waals surface area (Å²) >= 11 is 0. The van der Waals surface area contributed by atoms with Crippen LogP contribution in [0.2, 0.25) is 0 Å². The van der Waals surface area contributed by atoms with E-state index < -0.39 is 0 Å². The van der Waals surface area contributed by atoms with Gasteiger partial charge in [-0.15, -0.1) is 0 Å². The predicted octanol–water partition coefficient (Wildman–Crippen LogP) is 0.577. The number of hydrogen-bond donors (Lipinski definition) is 2. The highest BCUT2D eigenvalue weighted by Crippen LogP contribution is 1.70. The first-order chi connectivity index (χ1) is 5.68. The van der Waals surface area contributed by atoms with Gasteiger partial charge >= 0.3 is 0 Å². The smallest absolute Gasteiger partial charge is 0.145 e. The van der Waals surface area contributed by atoms with Crippen molar-refractivity contribution in [3.63, 3.8) is 0 Å². The Morgan fingerprint density at radius 1 is 1.50 bits per heavy atom. The molecule has 0 saturated heterocycles. The highest BCUT2D eigenvalue weighted by Gasteiger charge is 1.75. The molecule has 3 nitrogen and oxygen atoms in total. The van der Waals surface area contributed by atoms with Gasteiger partial charge in [-0.05, 0) is 26.1 Å². The number of likely N-dealkylation sites (N-methyl/N-ethyl adjacent to an activating group) is 2. The van der Waals surface area contributed by atoms with Gasteiger partial charge in [0.15, 0.2) is 0 Å². The second-order valence-corrected chi connectivity index (χ2v) is 2.42. The molecule has 0 spiro atoms. The van der Waals surface area contributed by atoms with E-state index in [0.29, 0.717) is 5.57 Å². The van der Waals surface area contributed by atoms with Crippen molar-refractivity contribution in [2.45, 2.75) is 13.8 Å². The lowest BCUT2D eigenvalue weighted by molar-refractivity contribution is -0.104. The molecular weight excluding hydrogens is 152 g/mol. The van der Waals surface area contributed by atoms with Crippen LogP contribution in [0.4, 0.5) is 0 Å². The quantitative estimate of drug-likeness (QED) is 0.362. The molecule has 0 aromatic heterocycles. The van der Waals surface area contributed by atoms with E-state index in [1.807, 2.05) is 7.05 Å². The Balaban J connectivity index is 0. The van der Waals surface area contributed by atoms with E-state index in [1.54, 1.807) is 6.92 Å². The van der Waals surface area contributed by atoms with Crippen molar-refractivity contribution in [2.24, 2.45) is 0 Å². The van der Waals surface area contributed by atoms with Crippen molar-refractivity contribution in [2.75, 3.05) is 26.7 Å². The maximum Gasteiger partial charge on any atom is 0.145 e. The van der Waals surface area contributed by atoms with Crippen LogP contribution in [0.25, 0.3) is 0 Å². The molecule has 0 radical (unpaired) electrons. The summed E-state index contributed by atoms with van der Waals surface area (Å²) in [5.74, 6) is 0. The van der Waals surface area contributed by atoms with Gasteiger partial charge in [0.1, 0.15) is 6.29 Å². The maximum atomic E-state index is 9.41. The third-order valence-electron chi connectivity index (χ3n) is 1.00. The zero-order chi connectivity index (χ0) is 9.82. The van der Waals surface area contributed by atoms with Crippen LogP contribution in [0.5, 0.6) is 0 Å². The molecule has 0 amide bonds. The van der Waals surface area contributed by atoms with Crippen molar-refractivity contribution < 1.29 is 4.79 Å². The second-order valence-electron chi connectivity index (χ2n) is 2.42. The molecule has 72 valence electrons. The summed E-state index contributed by atoms with van der Waals surface area (Å²) in [6.45, 7) is 10.3. The van der Waals surface area contributed by atoms with Gasteiger partial charge in [-0.2, -0.15) is 0 Å². The Labute approximate surface area is 75.2 Å². The first kappa shape index (κ1) is 13.9. The summed E-state index contributed by atoms with van der Waals surface area (Å²) in [6.07, 6.45) is 0.722. The van der Waals surface area contributed by atoms with Crippen molar-refractivity contribution >= 4 is 6.29 Å². The molecule has 0 aromatic carbocycles. The van der Waals surface area contributed by atoms with Gasteiger partial charge in [0, 0.05) is 13.1 Å². The average Bonchev–Trinajstić information content (AvgIpc) is 2.07. The van der Waals surface area contributed by atoms with Crippen LogP contribution in [0.3, 0.4) is 0 Å². The molecule has 0 aliphatic heterocycles. The fourth-order valence-corrected chi connectivity index (χ4v) is 0.390. The molecule has 0 heterocycles. The normalized spacial score (nSPS) is 8.25. The molecule has 0 atom stereocenters. The first-order valence-electron chi connectivity index (χ1n) is 4.15. The van der Waals surface area contributed by atoms with Crippen molar-refractivity contribution in [3.8, 4) is 0 Å². The highest BCUT2D eigenvalue weighted by molar-refractivity contribution is 5.70. The number of nitrogens with one attached hydrogen (secondary N) is 2. The zero-order valence-corrected chi connectivity index (χ0v) is 8.31. The van der Waals surface area contributed by atoms with Crippen molar-refractivity contribution in [1.82, 2.24) is 10.6 Å². The van der Waals surface area contributed by atoms with Crippen LogP contribution in [0.1, 0.15) is 13.8 Å². The van der Waals surface area contributed by atoms with Crippen molar-refractivity contribution in [1.29, 1.82) is 0 Å². The lowest BCUT2D eigenvalue weighted by atomic mass is 10.4. The monoisotopic (exact) mass is 172 g/mol. The van der Waals surface area contributed by atoms with Crippen LogP contribution in [0.15, 0.2) is 12.2 Å². The average molecular weight is 172 g/mol. The Kier molecular flexibility index (Phi) is 15.0. The molecule has 0 rings (SSSR count). The molecule has 0 aliphatic carbocycles. The van der Waals surface area contributed by atoms with Crippen LogP contribution in [-0.2, 0) is 4.79 Å². The number of carbonyl (C=O) groups is 1. The van der Waals surface area contributed by atoms with E-state index >= 15 is 0 Å². The molecule has 3 heteroatoms. The van der Waals surface area contributed by atoms with Gasteiger partial charge in [-0.1, -0.05) is 13.5 Å². The molecule has 0 bridgehead atoms. The minimum atomic E-state index is 0.574. The van der Waals surface area contributed by atoms with E-state index in [4.69, 9.17) is 0 Å². The summed E-state index contributed by atoms with van der Waals surface area (Å²) in [7, 11) is 1.96. The number of aldehydes is 1. The SMILES string of the molecule is C=C(C)C=O.CCNCCNC. The van der Waals surface area contributed by atoms with Crippen LogP contribution >= 0.6 is 0 Å². The minimum Gasteiger partial charge on any atom is -0.318 e. The number of rotatable bonds is 5. The summed E-state index contributed by atoms with van der Waals surface area (Å²) in [6, 6.07) is 0. The second kappa shape index (κ2) is 13.0. The van der Waals surface area contributed by atoms with Crippen LogP contribution in [-0.4, -0.2) is 33.0 Å². The Bertz CT molecular complexity index is 109. The topological polar surface area (TPSA) is 41.1 Å². The molecule has 0 aliphatic rings. The van der Waals surface area contributed by atoms with Crippen LogP contribution < -0.4 is 10.6 Å². The summed E-state index contributed by atoms with van der Waals surface area (Å²) < 4.78 is 0. The molecule has 0 saturated carbocycles. The van der Waals surface area contributed by atoms with Crippen molar-refractivity contribution in [3.05, 3.63) is 12.2 Å². The van der Waals surface area contributed by atoms with Gasteiger partial charge in [-0.25, -0.2) is 0 Å². The number of hydrogen-bond acceptors (Lipinski definition) is 3. The molecule has 0 unspecified atom stereocenters. The zero-order valence-electron chi connectivity index (χ0n) is 8.31. The first-order valence-corrected chi connectivity index (χ1v) is 4.15. The van der Waals surface area contributed by atoms with E-state index in [-0.39, 0.29) is 0 Å². The van der Waals surface area contributed by atoms with E-state index in [9.17, 15) is 4.79 Å². The minimum absolute atomic E-state index is 0.574. The van der Waals surface area contributed by atoms with Gasteiger partial charge < -0.3 is 10.6 Å². The summed E-state index contributed by atoms with van der Waals surface area (Å²) in [5, 5.41) is 6.23. The standard InChI is InChI=1S/C5H14N2.C4H6O/c1-3-7-5-4-6-2;1-4(2)3-5/h6-7H,3-5H2,1-2H3;3H,1H2,2H3. The Morgan fingerprint density at radius 3 is 2.25 bits per heavy atom. The van der Waals surface area contributed by atoms with Gasteiger partial charge in [0.2, 0.25) is 0 Å². The fourth-order valence-electron chi connectivity index (χ4n) is 0.390. The maximum absolute atomic E-state index is 9.41. The highest BCUT2D eigenvalue weighted by atomic mass is 16.1. The third kappa shape index (κ3) is 22.8.